The van der Waals surface area contributed by atoms with Crippen LogP contribution in [0.2, 0.25) is 0 Å². The van der Waals surface area contributed by atoms with Crippen molar-refractivity contribution >= 4 is 5.91 Å². The SMILES string of the molecule is COc1cc(CN(C)C(=O)CCC2CCNCC2)ccc1O. The molecule has 5 nitrogen and oxygen atoms in total. The molecule has 1 saturated heterocycles. The number of hydrogen-bond donors (Lipinski definition) is 2. The zero-order chi connectivity index (χ0) is 15.9. The minimum absolute atomic E-state index is 0.117. The smallest absolute Gasteiger partial charge is 0.222 e. The molecular formula is C17H26N2O3. The molecule has 22 heavy (non-hydrogen) atoms. The topological polar surface area (TPSA) is 61.8 Å². The zero-order valence-electron chi connectivity index (χ0n) is 13.5. The molecule has 0 saturated carbocycles. The molecule has 1 fully saturated rings. The van der Waals surface area contributed by atoms with Crippen LogP contribution in [0, 0.1) is 5.92 Å². The van der Waals surface area contributed by atoms with Crippen LogP contribution in [0.1, 0.15) is 31.2 Å². The normalized spacial score (nSPS) is 15.5. The minimum atomic E-state index is 0.117. The third-order valence-electron chi connectivity index (χ3n) is 4.31. The first-order valence-electron chi connectivity index (χ1n) is 7.90. The summed E-state index contributed by atoms with van der Waals surface area (Å²) < 4.78 is 5.10. The van der Waals surface area contributed by atoms with Crippen molar-refractivity contribution in [3.05, 3.63) is 23.8 Å². The van der Waals surface area contributed by atoms with Crippen LogP contribution in [0.25, 0.3) is 0 Å². The lowest BCUT2D eigenvalue weighted by atomic mass is 9.93. The molecule has 2 rings (SSSR count). The number of nitrogens with one attached hydrogen (secondary N) is 1. The largest absolute Gasteiger partial charge is 0.504 e. The molecule has 0 atom stereocenters. The van der Waals surface area contributed by atoms with Gasteiger partial charge in [0.15, 0.2) is 11.5 Å². The van der Waals surface area contributed by atoms with E-state index in [1.54, 1.807) is 17.0 Å². The van der Waals surface area contributed by atoms with Gasteiger partial charge in [-0.15, -0.1) is 0 Å². The Morgan fingerprint density at radius 3 is 2.82 bits per heavy atom. The predicted octanol–water partition coefficient (Wildman–Crippen LogP) is 2.14. The number of methoxy groups -OCH3 is 1. The van der Waals surface area contributed by atoms with Crippen molar-refractivity contribution in [2.45, 2.75) is 32.2 Å². The Labute approximate surface area is 132 Å². The van der Waals surface area contributed by atoms with Crippen LogP contribution in [-0.4, -0.2) is 43.2 Å². The molecule has 1 aromatic carbocycles. The molecule has 2 N–H and O–H groups in total. The van der Waals surface area contributed by atoms with E-state index in [0.29, 0.717) is 24.6 Å². The molecule has 1 amide bonds. The van der Waals surface area contributed by atoms with Gasteiger partial charge in [-0.1, -0.05) is 6.07 Å². The third kappa shape index (κ3) is 4.63. The minimum Gasteiger partial charge on any atom is -0.504 e. The predicted molar refractivity (Wildman–Crippen MR) is 86.0 cm³/mol. The zero-order valence-corrected chi connectivity index (χ0v) is 13.5. The van der Waals surface area contributed by atoms with Crippen LogP contribution < -0.4 is 10.1 Å². The van der Waals surface area contributed by atoms with E-state index in [1.807, 2.05) is 13.1 Å². The number of ether oxygens (including phenoxy) is 1. The summed E-state index contributed by atoms with van der Waals surface area (Å²) in [6, 6.07) is 5.18. The summed E-state index contributed by atoms with van der Waals surface area (Å²) in [5.74, 6) is 1.40. The molecule has 1 aromatic rings. The van der Waals surface area contributed by atoms with Crippen LogP contribution in [0.4, 0.5) is 0 Å². The van der Waals surface area contributed by atoms with E-state index in [9.17, 15) is 9.90 Å². The van der Waals surface area contributed by atoms with Crippen LogP contribution in [0.5, 0.6) is 11.5 Å². The van der Waals surface area contributed by atoms with E-state index in [0.717, 1.165) is 25.1 Å². The molecule has 0 bridgehead atoms. The fraction of sp³-hybridized carbons (Fsp3) is 0.588. The monoisotopic (exact) mass is 306 g/mol. The van der Waals surface area contributed by atoms with Gasteiger partial charge in [-0.2, -0.15) is 0 Å². The van der Waals surface area contributed by atoms with Gasteiger partial charge in [0.05, 0.1) is 7.11 Å². The lowest BCUT2D eigenvalue weighted by Crippen LogP contribution is -2.30. The Morgan fingerprint density at radius 2 is 2.14 bits per heavy atom. The number of phenols is 1. The summed E-state index contributed by atoms with van der Waals surface area (Å²) >= 11 is 0. The third-order valence-corrected chi connectivity index (χ3v) is 4.31. The van der Waals surface area contributed by atoms with E-state index in [4.69, 9.17) is 4.74 Å². The van der Waals surface area contributed by atoms with Gasteiger partial charge < -0.3 is 20.1 Å². The number of phenolic OH excluding ortho intramolecular Hbond substituents is 1. The van der Waals surface area contributed by atoms with Gasteiger partial charge in [-0.25, -0.2) is 0 Å². The molecule has 122 valence electrons. The van der Waals surface area contributed by atoms with Crippen molar-refractivity contribution in [1.82, 2.24) is 10.2 Å². The van der Waals surface area contributed by atoms with Crippen molar-refractivity contribution in [2.24, 2.45) is 5.92 Å². The second-order valence-electron chi connectivity index (χ2n) is 5.99. The summed E-state index contributed by atoms with van der Waals surface area (Å²) in [6.45, 7) is 2.67. The molecule has 1 heterocycles. The molecule has 0 unspecified atom stereocenters. The number of amides is 1. The van der Waals surface area contributed by atoms with Crippen molar-refractivity contribution < 1.29 is 14.6 Å². The van der Waals surface area contributed by atoms with Gasteiger partial charge in [0.1, 0.15) is 0 Å². The number of carbonyl (C=O) groups excluding carboxylic acids is 1. The van der Waals surface area contributed by atoms with Gasteiger partial charge >= 0.3 is 0 Å². The second-order valence-corrected chi connectivity index (χ2v) is 5.99. The Bertz CT molecular complexity index is 499. The van der Waals surface area contributed by atoms with Crippen LogP contribution in [-0.2, 0) is 11.3 Å². The van der Waals surface area contributed by atoms with Gasteiger partial charge in [0.25, 0.3) is 0 Å². The molecule has 0 aromatic heterocycles. The van der Waals surface area contributed by atoms with Gasteiger partial charge in [-0.3, -0.25) is 4.79 Å². The maximum Gasteiger partial charge on any atom is 0.222 e. The fourth-order valence-electron chi connectivity index (χ4n) is 2.87. The number of nitrogens with zero attached hydrogens (tertiary/aromatic N) is 1. The van der Waals surface area contributed by atoms with Gasteiger partial charge in [-0.05, 0) is 56.0 Å². The van der Waals surface area contributed by atoms with Gasteiger partial charge in [0, 0.05) is 20.0 Å². The first-order valence-corrected chi connectivity index (χ1v) is 7.90. The highest BCUT2D eigenvalue weighted by Gasteiger charge is 2.16. The fourth-order valence-corrected chi connectivity index (χ4v) is 2.87. The maximum absolute atomic E-state index is 12.2. The Balaban J connectivity index is 1.82. The molecule has 0 aliphatic carbocycles. The lowest BCUT2D eigenvalue weighted by Gasteiger charge is -2.23. The van der Waals surface area contributed by atoms with E-state index in [2.05, 4.69) is 5.32 Å². The van der Waals surface area contributed by atoms with Crippen molar-refractivity contribution in [1.29, 1.82) is 0 Å². The number of aromatic hydroxyl groups is 1. The van der Waals surface area contributed by atoms with Crippen molar-refractivity contribution in [2.75, 3.05) is 27.2 Å². The molecule has 0 radical (unpaired) electrons. The molecule has 1 aliphatic rings. The standard InChI is InChI=1S/C17H26N2O3/c1-19(12-14-3-5-15(20)16(11-14)22-2)17(21)6-4-13-7-9-18-10-8-13/h3,5,11,13,18,20H,4,6-10,12H2,1-2H3. The van der Waals surface area contributed by atoms with E-state index < -0.39 is 0 Å². The quantitative estimate of drug-likeness (QED) is 0.845. The van der Waals surface area contributed by atoms with E-state index >= 15 is 0 Å². The number of piperidine rings is 1. The van der Waals surface area contributed by atoms with Crippen LogP contribution >= 0.6 is 0 Å². The average Bonchev–Trinajstić information content (AvgIpc) is 2.55. The number of hydrogen-bond acceptors (Lipinski definition) is 4. The summed E-state index contributed by atoms with van der Waals surface area (Å²) in [4.78, 5) is 14.0. The van der Waals surface area contributed by atoms with E-state index in [-0.39, 0.29) is 11.7 Å². The van der Waals surface area contributed by atoms with Crippen LogP contribution in [0.3, 0.4) is 0 Å². The molecule has 0 spiro atoms. The molecule has 5 heteroatoms. The first-order chi connectivity index (χ1) is 10.6. The average molecular weight is 306 g/mol. The maximum atomic E-state index is 12.2. The first kappa shape index (κ1) is 16.6. The van der Waals surface area contributed by atoms with Crippen LogP contribution in [0.15, 0.2) is 18.2 Å². The molecular weight excluding hydrogens is 280 g/mol. The number of benzene rings is 1. The second kappa shape index (κ2) is 8.03. The highest BCUT2D eigenvalue weighted by atomic mass is 16.5. The van der Waals surface area contributed by atoms with E-state index in [1.165, 1.54) is 20.0 Å². The lowest BCUT2D eigenvalue weighted by molar-refractivity contribution is -0.130. The van der Waals surface area contributed by atoms with Crippen molar-refractivity contribution in [3.8, 4) is 11.5 Å². The van der Waals surface area contributed by atoms with Gasteiger partial charge in [0.2, 0.25) is 5.91 Å². The summed E-state index contributed by atoms with van der Waals surface area (Å²) in [6.07, 6.45) is 3.93. The van der Waals surface area contributed by atoms with Crippen molar-refractivity contribution in [3.63, 3.8) is 0 Å². The Kier molecular flexibility index (Phi) is 6.07. The summed E-state index contributed by atoms with van der Waals surface area (Å²) in [7, 11) is 3.34. The number of rotatable bonds is 6. The Hall–Kier alpha value is -1.75. The Morgan fingerprint density at radius 1 is 1.41 bits per heavy atom. The highest BCUT2D eigenvalue weighted by Crippen LogP contribution is 2.27. The highest BCUT2D eigenvalue weighted by molar-refractivity contribution is 5.75. The number of carbonyl (C=O) groups is 1. The summed E-state index contributed by atoms with van der Waals surface area (Å²) in [5.41, 5.74) is 0.951. The summed E-state index contributed by atoms with van der Waals surface area (Å²) in [5, 5.41) is 12.9. The molecule has 1 aliphatic heterocycles.